The van der Waals surface area contributed by atoms with E-state index in [0.717, 1.165) is 18.3 Å². The van der Waals surface area contributed by atoms with Crippen LogP contribution in [0.1, 0.15) is 6.42 Å². The number of nitrogens with zero attached hydrogens (tertiary/aromatic N) is 2. The number of anilines is 1. The third-order valence-electron chi connectivity index (χ3n) is 3.33. The highest BCUT2D eigenvalue weighted by atomic mass is 32.2. The van der Waals surface area contributed by atoms with Gasteiger partial charge in [0, 0.05) is 13.0 Å². The monoisotopic (exact) mass is 305 g/mol. The second-order valence-electron chi connectivity index (χ2n) is 4.69. The number of hydrogen-bond acceptors (Lipinski definition) is 6. The maximum Gasteiger partial charge on any atom is 0.247 e. The van der Waals surface area contributed by atoms with E-state index in [0.29, 0.717) is 11.4 Å². The van der Waals surface area contributed by atoms with Gasteiger partial charge in [-0.25, -0.2) is 4.90 Å². The van der Waals surface area contributed by atoms with Crippen LogP contribution in [0.15, 0.2) is 29.3 Å². The van der Waals surface area contributed by atoms with Gasteiger partial charge in [-0.05, 0) is 24.3 Å². The Hall–Kier alpha value is -2.02. The van der Waals surface area contributed by atoms with Crippen LogP contribution in [0.25, 0.3) is 0 Å². The van der Waals surface area contributed by atoms with Crippen LogP contribution in [0.3, 0.4) is 0 Å². The van der Waals surface area contributed by atoms with Gasteiger partial charge < -0.3 is 10.1 Å². The molecule has 0 radical (unpaired) electrons. The van der Waals surface area contributed by atoms with Crippen LogP contribution in [0.2, 0.25) is 0 Å². The van der Waals surface area contributed by atoms with Crippen molar-refractivity contribution in [1.29, 1.82) is 0 Å². The Morgan fingerprint density at radius 1 is 1.33 bits per heavy atom. The number of nitrogens with one attached hydrogen (secondary N) is 1. The number of ether oxygens (including phenoxy) is 1. The van der Waals surface area contributed by atoms with Crippen molar-refractivity contribution in [2.75, 3.05) is 25.1 Å². The fraction of sp³-hybridized carbons (Fsp3) is 0.357. The predicted octanol–water partition coefficient (Wildman–Crippen LogP) is 1.02. The molecule has 0 aliphatic carbocycles. The molecule has 3 rings (SSSR count). The van der Waals surface area contributed by atoms with E-state index in [4.69, 9.17) is 4.74 Å². The minimum atomic E-state index is -0.399. The Balaban J connectivity index is 1.76. The van der Waals surface area contributed by atoms with Gasteiger partial charge in [0.2, 0.25) is 11.8 Å². The van der Waals surface area contributed by atoms with Crippen molar-refractivity contribution in [3.05, 3.63) is 24.3 Å². The molecule has 1 fully saturated rings. The maximum absolute atomic E-state index is 12.4. The molecular weight excluding hydrogens is 290 g/mol. The summed E-state index contributed by atoms with van der Waals surface area (Å²) >= 11 is 1.33. The first-order valence-corrected chi connectivity index (χ1v) is 7.53. The highest BCUT2D eigenvalue weighted by molar-refractivity contribution is 8.15. The number of amidine groups is 1. The van der Waals surface area contributed by atoms with Crippen LogP contribution in [-0.4, -0.2) is 42.4 Å². The van der Waals surface area contributed by atoms with Gasteiger partial charge in [-0.15, -0.1) is 0 Å². The van der Waals surface area contributed by atoms with E-state index >= 15 is 0 Å². The molecule has 0 spiro atoms. The number of aliphatic imine (C=N–C) groups is 1. The molecule has 1 atom stereocenters. The summed E-state index contributed by atoms with van der Waals surface area (Å²) < 4.78 is 5.08. The number of thioether (sulfide) groups is 1. The van der Waals surface area contributed by atoms with Gasteiger partial charge in [0.15, 0.2) is 5.17 Å². The Labute approximate surface area is 126 Å². The van der Waals surface area contributed by atoms with Gasteiger partial charge in [-0.2, -0.15) is 0 Å². The number of hydrogen-bond donors (Lipinski definition) is 1. The van der Waals surface area contributed by atoms with E-state index in [1.165, 1.54) is 16.7 Å². The molecular formula is C14H15N3O3S. The lowest BCUT2D eigenvalue weighted by Gasteiger charge is -2.15. The maximum atomic E-state index is 12.4. The molecule has 1 unspecified atom stereocenters. The quantitative estimate of drug-likeness (QED) is 0.844. The van der Waals surface area contributed by atoms with Crippen LogP contribution in [0.5, 0.6) is 5.75 Å². The second kappa shape index (κ2) is 5.77. The number of rotatable bonds is 3. The standard InChI is InChI=1S/C14H15N3O3S/c1-20-10-4-2-9(3-5-10)17-12(18)8-11(13(17)19)21-14-15-6-7-16-14/h2-5,11H,6-8H2,1H3,(H,15,16). The molecule has 1 aromatic carbocycles. The highest BCUT2D eigenvalue weighted by Gasteiger charge is 2.40. The topological polar surface area (TPSA) is 71.0 Å². The normalized spacial score (nSPS) is 21.5. The lowest BCUT2D eigenvalue weighted by atomic mass is 10.3. The van der Waals surface area contributed by atoms with Crippen molar-refractivity contribution in [2.45, 2.75) is 11.7 Å². The summed E-state index contributed by atoms with van der Waals surface area (Å²) in [5.41, 5.74) is 0.579. The van der Waals surface area contributed by atoms with Gasteiger partial charge in [0.25, 0.3) is 0 Å². The van der Waals surface area contributed by atoms with Gasteiger partial charge in [-0.3, -0.25) is 14.6 Å². The number of methoxy groups -OCH3 is 1. The molecule has 2 amide bonds. The van der Waals surface area contributed by atoms with Gasteiger partial charge in [0.1, 0.15) is 11.0 Å². The molecule has 2 heterocycles. The lowest BCUT2D eigenvalue weighted by Crippen LogP contribution is -2.31. The highest BCUT2D eigenvalue weighted by Crippen LogP contribution is 2.31. The fourth-order valence-corrected chi connectivity index (χ4v) is 3.34. The van der Waals surface area contributed by atoms with Crippen molar-refractivity contribution in [3.8, 4) is 5.75 Å². The zero-order valence-corrected chi connectivity index (χ0v) is 12.4. The zero-order valence-electron chi connectivity index (χ0n) is 11.5. The first kappa shape index (κ1) is 13.9. The largest absolute Gasteiger partial charge is 0.497 e. The summed E-state index contributed by atoms with van der Waals surface area (Å²) in [6.45, 7) is 1.51. The smallest absolute Gasteiger partial charge is 0.247 e. The molecule has 21 heavy (non-hydrogen) atoms. The SMILES string of the molecule is COc1ccc(N2C(=O)CC(SC3=NCCN3)C2=O)cc1. The summed E-state index contributed by atoms with van der Waals surface area (Å²) in [7, 11) is 1.57. The first-order chi connectivity index (χ1) is 10.2. The summed E-state index contributed by atoms with van der Waals surface area (Å²) in [6, 6.07) is 6.90. The van der Waals surface area contributed by atoms with Crippen LogP contribution >= 0.6 is 11.8 Å². The minimum Gasteiger partial charge on any atom is -0.497 e. The van der Waals surface area contributed by atoms with Crippen LogP contribution in [0, 0.1) is 0 Å². The molecule has 7 heteroatoms. The number of carbonyl (C=O) groups excluding carboxylic acids is 2. The number of carbonyl (C=O) groups is 2. The molecule has 110 valence electrons. The van der Waals surface area contributed by atoms with Gasteiger partial charge in [0.05, 0.1) is 19.3 Å². The lowest BCUT2D eigenvalue weighted by molar-refractivity contribution is -0.121. The van der Waals surface area contributed by atoms with Gasteiger partial charge in [-0.1, -0.05) is 11.8 Å². The number of amides is 2. The molecule has 0 bridgehead atoms. The van der Waals surface area contributed by atoms with Crippen molar-refractivity contribution < 1.29 is 14.3 Å². The summed E-state index contributed by atoms with van der Waals surface area (Å²) in [5.74, 6) is 0.320. The Morgan fingerprint density at radius 3 is 2.71 bits per heavy atom. The third-order valence-corrected chi connectivity index (χ3v) is 4.48. The summed E-state index contributed by atoms with van der Waals surface area (Å²) in [4.78, 5) is 30.0. The molecule has 6 nitrogen and oxygen atoms in total. The third kappa shape index (κ3) is 2.73. The second-order valence-corrected chi connectivity index (χ2v) is 5.88. The Kier molecular flexibility index (Phi) is 3.83. The molecule has 1 N–H and O–H groups in total. The van der Waals surface area contributed by atoms with Crippen LogP contribution in [-0.2, 0) is 9.59 Å². The first-order valence-electron chi connectivity index (χ1n) is 6.65. The van der Waals surface area contributed by atoms with E-state index < -0.39 is 5.25 Å². The molecule has 1 aromatic rings. The number of benzene rings is 1. The predicted molar refractivity (Wildman–Crippen MR) is 81.8 cm³/mol. The minimum absolute atomic E-state index is 0.179. The fourth-order valence-electron chi connectivity index (χ4n) is 2.29. The average molecular weight is 305 g/mol. The zero-order chi connectivity index (χ0) is 14.8. The Bertz CT molecular complexity index is 600. The van der Waals surface area contributed by atoms with E-state index in [1.807, 2.05) is 0 Å². The van der Waals surface area contributed by atoms with Crippen molar-refractivity contribution in [2.24, 2.45) is 4.99 Å². The summed E-state index contributed by atoms with van der Waals surface area (Å²) in [5, 5.41) is 3.45. The molecule has 0 aromatic heterocycles. The van der Waals surface area contributed by atoms with Crippen LogP contribution < -0.4 is 15.0 Å². The number of imide groups is 1. The van der Waals surface area contributed by atoms with E-state index in [2.05, 4.69) is 10.3 Å². The van der Waals surface area contributed by atoms with Crippen molar-refractivity contribution in [1.82, 2.24) is 5.32 Å². The molecule has 1 saturated heterocycles. The Morgan fingerprint density at radius 2 is 2.10 bits per heavy atom. The van der Waals surface area contributed by atoms with E-state index in [-0.39, 0.29) is 18.2 Å². The van der Waals surface area contributed by atoms with Crippen molar-refractivity contribution in [3.63, 3.8) is 0 Å². The summed E-state index contributed by atoms with van der Waals surface area (Å²) in [6.07, 6.45) is 0.205. The molecule has 2 aliphatic rings. The van der Waals surface area contributed by atoms with E-state index in [1.54, 1.807) is 31.4 Å². The van der Waals surface area contributed by atoms with Crippen molar-refractivity contribution >= 4 is 34.4 Å². The van der Waals surface area contributed by atoms with Gasteiger partial charge >= 0.3 is 0 Å². The molecule has 2 aliphatic heterocycles. The van der Waals surface area contributed by atoms with E-state index in [9.17, 15) is 9.59 Å². The average Bonchev–Trinajstić information content (AvgIpc) is 3.09. The van der Waals surface area contributed by atoms with Crippen LogP contribution in [0.4, 0.5) is 5.69 Å². The molecule has 0 saturated carbocycles.